The van der Waals surface area contributed by atoms with Crippen LogP contribution in [0.25, 0.3) is 0 Å². The number of methoxy groups -OCH3 is 1. The van der Waals surface area contributed by atoms with Crippen molar-refractivity contribution in [3.8, 4) is 11.7 Å². The van der Waals surface area contributed by atoms with Crippen LogP contribution in [-0.2, 0) is 10.5 Å². The van der Waals surface area contributed by atoms with E-state index in [0.717, 1.165) is 22.4 Å². The van der Waals surface area contributed by atoms with E-state index in [1.165, 1.54) is 0 Å². The molecule has 0 radical (unpaired) electrons. The van der Waals surface area contributed by atoms with Gasteiger partial charge in [-0.05, 0) is 28.8 Å². The molecule has 0 saturated heterocycles. The number of H-pyrrole nitrogens is 1. The first-order valence-corrected chi connectivity index (χ1v) is 10.4. The molecule has 0 aliphatic heterocycles. The molecule has 0 fully saturated rings. The van der Waals surface area contributed by atoms with Crippen molar-refractivity contribution in [2.24, 2.45) is 0 Å². The number of rotatable bonds is 7. The summed E-state index contributed by atoms with van der Waals surface area (Å²) < 4.78 is 9.50. The Balaban J connectivity index is 1.90. The van der Waals surface area contributed by atoms with Crippen LogP contribution in [0.2, 0.25) is 0 Å². The van der Waals surface area contributed by atoms with Gasteiger partial charge in [0.05, 0.1) is 11.9 Å². The average molecular weight is 420 g/mol. The van der Waals surface area contributed by atoms with Gasteiger partial charge in [0.2, 0.25) is 0 Å². The second-order valence-corrected chi connectivity index (χ2v) is 7.92. The van der Waals surface area contributed by atoms with Crippen molar-refractivity contribution in [2.75, 3.05) is 7.11 Å². The predicted octanol–water partition coefficient (Wildman–Crippen LogP) is 4.91. The first-order chi connectivity index (χ1) is 14.6. The third-order valence-electron chi connectivity index (χ3n) is 4.99. The fourth-order valence-electron chi connectivity index (χ4n) is 3.55. The van der Waals surface area contributed by atoms with Gasteiger partial charge in [0, 0.05) is 5.75 Å². The monoisotopic (exact) mass is 419 g/mol. The number of aromatic nitrogens is 1. The van der Waals surface area contributed by atoms with Gasteiger partial charge in [0.15, 0.2) is 0 Å². The molecule has 0 amide bonds. The summed E-state index contributed by atoms with van der Waals surface area (Å²) in [6, 6.07) is 28.3. The number of aromatic amines is 1. The topological polar surface area (TPSA) is 75.5 Å². The quantitative estimate of drug-likeness (QED) is 0.417. The predicted molar refractivity (Wildman–Crippen MR) is 118 cm³/mol. The van der Waals surface area contributed by atoms with Gasteiger partial charge in [-0.2, -0.15) is 0 Å². The van der Waals surface area contributed by atoms with E-state index in [2.05, 4.69) is 29.2 Å². The normalized spacial score (nSPS) is 11.4. The highest BCUT2D eigenvalue weighted by atomic mass is 32.2. The minimum atomic E-state index is -0.669. The number of aromatic hydroxyl groups is 1. The van der Waals surface area contributed by atoms with E-state index in [-0.39, 0.29) is 5.95 Å². The third-order valence-corrected chi connectivity index (χ3v) is 6.56. The van der Waals surface area contributed by atoms with Crippen LogP contribution in [0.15, 0.2) is 94.1 Å². The fraction of sp³-hybridized carbons (Fsp3) is 0.125. The summed E-state index contributed by atoms with van der Waals surface area (Å²) in [5, 5.41) is 9.98. The molecule has 0 bridgehead atoms. The summed E-state index contributed by atoms with van der Waals surface area (Å²) in [6.07, 6.45) is 0. The molecule has 0 aliphatic rings. The number of benzene rings is 3. The van der Waals surface area contributed by atoms with Crippen molar-refractivity contribution in [3.63, 3.8) is 0 Å². The fourth-order valence-corrected chi connectivity index (χ4v) is 5.02. The number of ether oxygens (including phenoxy) is 1. The van der Waals surface area contributed by atoms with Crippen molar-refractivity contribution in [1.29, 1.82) is 0 Å². The van der Waals surface area contributed by atoms with E-state index in [9.17, 15) is 9.90 Å². The highest BCUT2D eigenvalue weighted by Gasteiger charge is 2.37. The molecular formula is C24H21NO4S. The lowest BCUT2D eigenvalue weighted by atomic mass is 9.84. The summed E-state index contributed by atoms with van der Waals surface area (Å²) in [6.45, 7) is 0. The average Bonchev–Trinajstić information content (AvgIpc) is 3.13. The second kappa shape index (κ2) is 8.55. The van der Waals surface area contributed by atoms with E-state index in [1.54, 1.807) is 18.9 Å². The highest BCUT2D eigenvalue weighted by molar-refractivity contribution is 7.99. The lowest BCUT2D eigenvalue weighted by Crippen LogP contribution is -2.26. The standard InChI is InChI=1S/C24H21NO4S/c1-28-20-14-12-19(13-15-20)24(17-8-4-2-5-9-17,18-10-6-3-7-11-18)30-16-21-22(26)29-23(27)25-21/h2-15,26H,16H2,1H3,(H,25,27). The van der Waals surface area contributed by atoms with E-state index in [0.29, 0.717) is 11.4 Å². The number of hydrogen-bond acceptors (Lipinski definition) is 5. The first-order valence-electron chi connectivity index (χ1n) is 9.44. The highest BCUT2D eigenvalue weighted by Crippen LogP contribution is 2.50. The summed E-state index contributed by atoms with van der Waals surface area (Å²) in [5.41, 5.74) is 3.57. The Bertz CT molecular complexity index is 1110. The Morgan fingerprint density at radius 1 is 0.900 bits per heavy atom. The van der Waals surface area contributed by atoms with Crippen molar-refractivity contribution in [3.05, 3.63) is 118 Å². The molecule has 5 nitrogen and oxygen atoms in total. The van der Waals surface area contributed by atoms with Gasteiger partial charge in [-0.3, -0.25) is 4.98 Å². The first kappa shape index (κ1) is 19.9. The third kappa shape index (κ3) is 3.74. The second-order valence-electron chi connectivity index (χ2n) is 6.73. The van der Waals surface area contributed by atoms with Crippen molar-refractivity contribution < 1.29 is 14.3 Å². The van der Waals surface area contributed by atoms with Crippen molar-refractivity contribution in [1.82, 2.24) is 4.98 Å². The lowest BCUT2D eigenvalue weighted by molar-refractivity contribution is 0.317. The van der Waals surface area contributed by atoms with Crippen LogP contribution in [0.1, 0.15) is 22.4 Å². The minimum absolute atomic E-state index is 0.341. The molecule has 6 heteroatoms. The molecule has 0 saturated carbocycles. The van der Waals surface area contributed by atoms with Crippen molar-refractivity contribution in [2.45, 2.75) is 10.5 Å². The van der Waals surface area contributed by atoms with Crippen LogP contribution in [-0.4, -0.2) is 17.2 Å². The summed E-state index contributed by atoms with van der Waals surface area (Å²) >= 11 is 1.59. The van der Waals surface area contributed by atoms with Crippen LogP contribution in [0.4, 0.5) is 0 Å². The van der Waals surface area contributed by atoms with Gasteiger partial charge in [-0.15, -0.1) is 11.8 Å². The Kier molecular flexibility index (Phi) is 5.68. The largest absolute Gasteiger partial charge is 0.497 e. The number of hydrogen-bond donors (Lipinski definition) is 2. The van der Waals surface area contributed by atoms with Crippen LogP contribution < -0.4 is 10.5 Å². The molecule has 2 N–H and O–H groups in total. The molecule has 0 spiro atoms. The SMILES string of the molecule is COc1ccc(C(SCc2[nH]c(=O)oc2O)(c2ccccc2)c2ccccc2)cc1. The minimum Gasteiger partial charge on any atom is -0.497 e. The Morgan fingerprint density at radius 3 is 1.90 bits per heavy atom. The van der Waals surface area contributed by atoms with Crippen molar-refractivity contribution >= 4 is 11.8 Å². The lowest BCUT2D eigenvalue weighted by Gasteiger charge is -2.35. The van der Waals surface area contributed by atoms with Gasteiger partial charge in [-0.1, -0.05) is 72.8 Å². The maximum absolute atomic E-state index is 11.5. The van der Waals surface area contributed by atoms with E-state index in [1.807, 2.05) is 60.7 Å². The van der Waals surface area contributed by atoms with Crippen LogP contribution in [0.3, 0.4) is 0 Å². The Labute approximate surface area is 178 Å². The zero-order chi connectivity index (χ0) is 21.0. The smallest absolute Gasteiger partial charge is 0.419 e. The Hall–Kier alpha value is -3.38. The van der Waals surface area contributed by atoms with Gasteiger partial charge < -0.3 is 14.3 Å². The van der Waals surface area contributed by atoms with Crippen LogP contribution in [0, 0.1) is 0 Å². The van der Waals surface area contributed by atoms with Crippen LogP contribution in [0.5, 0.6) is 11.7 Å². The van der Waals surface area contributed by atoms with E-state index < -0.39 is 10.5 Å². The molecule has 0 aliphatic carbocycles. The summed E-state index contributed by atoms with van der Waals surface area (Å²) in [4.78, 5) is 14.1. The number of nitrogens with one attached hydrogen (secondary N) is 1. The molecular weight excluding hydrogens is 398 g/mol. The van der Waals surface area contributed by atoms with Gasteiger partial charge >= 0.3 is 11.7 Å². The van der Waals surface area contributed by atoms with Gasteiger partial charge in [0.25, 0.3) is 0 Å². The molecule has 4 aromatic rings. The molecule has 3 aromatic carbocycles. The van der Waals surface area contributed by atoms with Gasteiger partial charge in [-0.25, -0.2) is 4.79 Å². The maximum atomic E-state index is 11.5. The molecule has 0 atom stereocenters. The zero-order valence-electron chi connectivity index (χ0n) is 16.4. The Morgan fingerprint density at radius 2 is 1.43 bits per heavy atom. The molecule has 0 unspecified atom stereocenters. The molecule has 152 valence electrons. The molecule has 1 aromatic heterocycles. The summed E-state index contributed by atoms with van der Waals surface area (Å²) in [5.74, 6) is 0.0679. The number of thioether (sulfide) groups is 1. The van der Waals surface area contributed by atoms with E-state index >= 15 is 0 Å². The zero-order valence-corrected chi connectivity index (χ0v) is 17.2. The van der Waals surface area contributed by atoms with E-state index in [4.69, 9.17) is 9.15 Å². The van der Waals surface area contributed by atoms with Crippen LogP contribution >= 0.6 is 11.8 Å². The van der Waals surface area contributed by atoms with Gasteiger partial charge in [0.1, 0.15) is 11.4 Å². The summed E-state index contributed by atoms with van der Waals surface area (Å²) in [7, 11) is 1.64. The maximum Gasteiger partial charge on any atom is 0.419 e. The molecule has 1 heterocycles. The number of oxazole rings is 1. The molecule has 30 heavy (non-hydrogen) atoms. The molecule has 4 rings (SSSR count).